The Hall–Kier alpha value is -2.50. The number of halogens is 2. The number of rotatable bonds is 2. The molecular formula is C19H15Cl2N3O2. The first kappa shape index (κ1) is 16.9. The van der Waals surface area contributed by atoms with Crippen LogP contribution in [0.25, 0.3) is 10.9 Å². The number of amides is 1. The van der Waals surface area contributed by atoms with Gasteiger partial charge in [0.1, 0.15) is 5.71 Å². The zero-order valence-corrected chi connectivity index (χ0v) is 15.4. The highest BCUT2D eigenvalue weighted by molar-refractivity contribution is 6.36. The summed E-state index contributed by atoms with van der Waals surface area (Å²) in [4.78, 5) is 17.1. The molecule has 0 bridgehead atoms. The van der Waals surface area contributed by atoms with Crippen molar-refractivity contribution in [2.45, 2.75) is 19.9 Å². The second-order valence-electron chi connectivity index (χ2n) is 6.06. The highest BCUT2D eigenvalue weighted by Gasteiger charge is 2.25. The van der Waals surface area contributed by atoms with Gasteiger partial charge in [0.05, 0.1) is 16.4 Å². The number of para-hydroxylation sites is 1. The average molecular weight is 388 g/mol. The van der Waals surface area contributed by atoms with Gasteiger partial charge in [0.15, 0.2) is 0 Å². The van der Waals surface area contributed by atoms with Crippen LogP contribution < -0.4 is 5.32 Å². The Bertz CT molecular complexity index is 1060. The van der Waals surface area contributed by atoms with Gasteiger partial charge in [-0.1, -0.05) is 46.6 Å². The number of hydrogen-bond acceptors (Lipinski definition) is 3. The normalized spacial score (nSPS) is 14.7. The van der Waals surface area contributed by atoms with E-state index in [0.29, 0.717) is 15.7 Å². The molecule has 5 nitrogen and oxygen atoms in total. The molecule has 0 unspecified atom stereocenters. The average Bonchev–Trinajstić information content (AvgIpc) is 3.16. The van der Waals surface area contributed by atoms with Crippen molar-refractivity contribution in [3.63, 3.8) is 0 Å². The van der Waals surface area contributed by atoms with Crippen molar-refractivity contribution in [1.29, 1.82) is 0 Å². The van der Waals surface area contributed by atoms with Gasteiger partial charge in [-0.05, 0) is 36.8 Å². The Morgan fingerprint density at radius 3 is 2.85 bits per heavy atom. The molecule has 2 heterocycles. The molecule has 1 aliphatic rings. The van der Waals surface area contributed by atoms with Crippen LogP contribution in [-0.2, 0) is 11.4 Å². The molecule has 0 fully saturated rings. The highest BCUT2D eigenvalue weighted by Crippen LogP contribution is 2.31. The Balaban J connectivity index is 1.55. The first-order valence-corrected chi connectivity index (χ1v) is 8.88. The molecule has 1 N–H and O–H groups in total. The summed E-state index contributed by atoms with van der Waals surface area (Å²) in [5, 5.41) is 8.65. The predicted molar refractivity (Wildman–Crippen MR) is 104 cm³/mol. The van der Waals surface area contributed by atoms with Crippen LogP contribution in [0.2, 0.25) is 10.0 Å². The van der Waals surface area contributed by atoms with E-state index in [1.54, 1.807) is 18.2 Å². The van der Waals surface area contributed by atoms with E-state index in [4.69, 9.17) is 28.0 Å². The van der Waals surface area contributed by atoms with Crippen molar-refractivity contribution >= 4 is 51.6 Å². The standard InChI is InChI=1S/C19H15Cl2N3O2/c1-11-13-4-2-3-5-17(13)24-9-8-16(18(11)24)23-26-19(25)22-15-7-6-12(20)10-14(15)21/h2-7,10H,8-9H2,1H3,(H,22,25)/b23-16-. The first-order valence-electron chi connectivity index (χ1n) is 8.12. The fraction of sp³-hybridized carbons (Fsp3) is 0.158. The zero-order chi connectivity index (χ0) is 18.3. The van der Waals surface area contributed by atoms with Gasteiger partial charge in [-0.25, -0.2) is 4.79 Å². The molecule has 1 amide bonds. The highest BCUT2D eigenvalue weighted by atomic mass is 35.5. The number of carbonyl (C=O) groups is 1. The fourth-order valence-electron chi connectivity index (χ4n) is 3.33. The van der Waals surface area contributed by atoms with Crippen LogP contribution in [0.15, 0.2) is 47.6 Å². The largest absolute Gasteiger partial charge is 0.437 e. The molecule has 1 aliphatic heterocycles. The number of nitrogens with one attached hydrogen (secondary N) is 1. The van der Waals surface area contributed by atoms with E-state index in [0.717, 1.165) is 29.9 Å². The quantitative estimate of drug-likeness (QED) is 0.458. The third kappa shape index (κ3) is 2.93. The van der Waals surface area contributed by atoms with Gasteiger partial charge in [-0.2, -0.15) is 0 Å². The molecule has 0 spiro atoms. The number of anilines is 1. The Morgan fingerprint density at radius 1 is 1.23 bits per heavy atom. The minimum absolute atomic E-state index is 0.332. The van der Waals surface area contributed by atoms with Gasteiger partial charge in [-0.3, -0.25) is 10.2 Å². The van der Waals surface area contributed by atoms with Crippen molar-refractivity contribution in [3.8, 4) is 0 Å². The van der Waals surface area contributed by atoms with Gasteiger partial charge in [-0.15, -0.1) is 0 Å². The summed E-state index contributed by atoms with van der Waals surface area (Å²) in [6.45, 7) is 2.87. The van der Waals surface area contributed by atoms with Crippen LogP contribution in [-0.4, -0.2) is 16.4 Å². The number of benzene rings is 2. The molecule has 4 rings (SSSR count). The minimum atomic E-state index is -0.700. The van der Waals surface area contributed by atoms with Crippen LogP contribution in [0.1, 0.15) is 17.7 Å². The van der Waals surface area contributed by atoms with E-state index in [2.05, 4.69) is 34.1 Å². The SMILES string of the molecule is Cc1c2n(c3ccccc13)CC/C2=N/OC(=O)Nc1ccc(Cl)cc1Cl. The van der Waals surface area contributed by atoms with E-state index >= 15 is 0 Å². The van der Waals surface area contributed by atoms with E-state index in [1.807, 2.05) is 12.1 Å². The lowest BCUT2D eigenvalue weighted by Crippen LogP contribution is -2.12. The topological polar surface area (TPSA) is 55.6 Å². The van der Waals surface area contributed by atoms with Gasteiger partial charge in [0.25, 0.3) is 0 Å². The molecule has 7 heteroatoms. The molecule has 3 aromatic rings. The Labute approximate surface area is 160 Å². The van der Waals surface area contributed by atoms with Crippen LogP contribution in [0.4, 0.5) is 10.5 Å². The summed E-state index contributed by atoms with van der Waals surface area (Å²) in [6, 6.07) is 13.0. The van der Waals surface area contributed by atoms with Gasteiger partial charge < -0.3 is 4.57 Å². The van der Waals surface area contributed by atoms with Gasteiger partial charge >= 0.3 is 6.09 Å². The Kier molecular flexibility index (Phi) is 4.34. The number of fused-ring (bicyclic) bond motifs is 3. The second kappa shape index (κ2) is 6.67. The van der Waals surface area contributed by atoms with Gasteiger partial charge in [0.2, 0.25) is 0 Å². The maximum atomic E-state index is 12.0. The molecule has 0 saturated carbocycles. The number of oxime groups is 1. The lowest BCUT2D eigenvalue weighted by atomic mass is 10.1. The maximum absolute atomic E-state index is 12.0. The third-order valence-electron chi connectivity index (χ3n) is 4.48. The van der Waals surface area contributed by atoms with Crippen molar-refractivity contribution in [1.82, 2.24) is 4.57 Å². The minimum Gasteiger partial charge on any atom is -0.339 e. The summed E-state index contributed by atoms with van der Waals surface area (Å²) in [6.07, 6.45) is 0.0182. The van der Waals surface area contributed by atoms with Crippen LogP contribution in [0, 0.1) is 6.92 Å². The molecule has 0 atom stereocenters. The van der Waals surface area contributed by atoms with Crippen LogP contribution in [0.5, 0.6) is 0 Å². The summed E-state index contributed by atoms with van der Waals surface area (Å²) in [5.74, 6) is 0. The molecule has 2 aromatic carbocycles. The lowest BCUT2D eigenvalue weighted by molar-refractivity contribution is 0.166. The van der Waals surface area contributed by atoms with E-state index < -0.39 is 6.09 Å². The van der Waals surface area contributed by atoms with Crippen LogP contribution in [0.3, 0.4) is 0 Å². The number of carbonyl (C=O) groups excluding carboxylic acids is 1. The third-order valence-corrected chi connectivity index (χ3v) is 5.02. The van der Waals surface area contributed by atoms with Crippen molar-refractivity contribution in [2.75, 3.05) is 5.32 Å². The summed E-state index contributed by atoms with van der Waals surface area (Å²) >= 11 is 11.9. The second-order valence-corrected chi connectivity index (χ2v) is 6.90. The van der Waals surface area contributed by atoms with E-state index in [9.17, 15) is 4.79 Å². The molecule has 0 aliphatic carbocycles. The summed E-state index contributed by atoms with van der Waals surface area (Å²) in [5.41, 5.74) is 4.50. The number of nitrogens with zero attached hydrogens (tertiary/aromatic N) is 2. The maximum Gasteiger partial charge on any atom is 0.437 e. The van der Waals surface area contributed by atoms with E-state index in [-0.39, 0.29) is 0 Å². The molecule has 1 aromatic heterocycles. The molecule has 132 valence electrons. The fourth-order valence-corrected chi connectivity index (χ4v) is 3.78. The number of hydrogen-bond donors (Lipinski definition) is 1. The van der Waals surface area contributed by atoms with Crippen molar-refractivity contribution in [3.05, 3.63) is 63.8 Å². The van der Waals surface area contributed by atoms with Crippen molar-refractivity contribution in [2.24, 2.45) is 5.16 Å². The van der Waals surface area contributed by atoms with Crippen LogP contribution >= 0.6 is 23.2 Å². The Morgan fingerprint density at radius 2 is 2.04 bits per heavy atom. The molecular weight excluding hydrogens is 373 g/mol. The molecule has 26 heavy (non-hydrogen) atoms. The molecule has 0 radical (unpaired) electrons. The van der Waals surface area contributed by atoms with Crippen molar-refractivity contribution < 1.29 is 9.63 Å². The molecule has 0 saturated heterocycles. The number of aromatic nitrogens is 1. The summed E-state index contributed by atoms with van der Waals surface area (Å²) in [7, 11) is 0. The van der Waals surface area contributed by atoms with E-state index in [1.165, 1.54) is 10.9 Å². The first-order chi connectivity index (χ1) is 12.5. The van der Waals surface area contributed by atoms with Gasteiger partial charge in [0, 0.05) is 28.9 Å². The smallest absolute Gasteiger partial charge is 0.339 e. The predicted octanol–water partition coefficient (Wildman–Crippen LogP) is 5.61. The monoisotopic (exact) mass is 387 g/mol. The summed E-state index contributed by atoms with van der Waals surface area (Å²) < 4.78 is 2.21. The zero-order valence-electron chi connectivity index (χ0n) is 13.9. The number of aryl methyl sites for hydroxylation is 2. The lowest BCUT2D eigenvalue weighted by Gasteiger charge is -2.06.